The molecule has 1 saturated heterocycles. The topological polar surface area (TPSA) is 52.6 Å². The van der Waals surface area contributed by atoms with Gasteiger partial charge < -0.3 is 14.7 Å². The lowest BCUT2D eigenvalue weighted by molar-refractivity contribution is 0.168. The highest BCUT2D eigenvalue weighted by atomic mass is 35.5. The number of rotatable bonds is 5. The number of hydrogen-bond acceptors (Lipinski definition) is 4. The van der Waals surface area contributed by atoms with Gasteiger partial charge in [-0.15, -0.1) is 0 Å². The number of halogens is 1. The standard InChI is InChI=1S/C23H30ClN5O/c1-4-20-19(15-16-6-5-7-18(24)14-16)22(26-21(25-20)17-8-9-17)28-10-12-29(13-11-28)23(30)27(2)3/h5-7,14,17H,4,8-13,15H2,1-3H3. The Morgan fingerprint density at radius 3 is 2.50 bits per heavy atom. The first-order valence-corrected chi connectivity index (χ1v) is 11.2. The lowest BCUT2D eigenvalue weighted by atomic mass is 10.0. The van der Waals surface area contributed by atoms with Gasteiger partial charge in [0.15, 0.2) is 0 Å². The molecular formula is C23H30ClN5O. The summed E-state index contributed by atoms with van der Waals surface area (Å²) in [7, 11) is 3.61. The summed E-state index contributed by atoms with van der Waals surface area (Å²) >= 11 is 6.24. The maximum absolute atomic E-state index is 12.3. The summed E-state index contributed by atoms with van der Waals surface area (Å²) in [6, 6.07) is 8.10. The Hall–Kier alpha value is -2.34. The zero-order valence-corrected chi connectivity index (χ0v) is 18.8. The predicted molar refractivity (Wildman–Crippen MR) is 121 cm³/mol. The Balaban J connectivity index is 1.65. The Morgan fingerprint density at radius 1 is 1.17 bits per heavy atom. The van der Waals surface area contributed by atoms with Gasteiger partial charge in [0.05, 0.1) is 0 Å². The highest BCUT2D eigenvalue weighted by molar-refractivity contribution is 6.30. The van der Waals surface area contributed by atoms with Crippen molar-refractivity contribution in [1.82, 2.24) is 19.8 Å². The lowest BCUT2D eigenvalue weighted by Gasteiger charge is -2.37. The maximum atomic E-state index is 12.3. The molecule has 30 heavy (non-hydrogen) atoms. The van der Waals surface area contributed by atoms with Crippen LogP contribution in [0.15, 0.2) is 24.3 Å². The van der Waals surface area contributed by atoms with Gasteiger partial charge in [-0.05, 0) is 37.0 Å². The summed E-state index contributed by atoms with van der Waals surface area (Å²) in [5.41, 5.74) is 3.49. The van der Waals surface area contributed by atoms with Gasteiger partial charge in [0.2, 0.25) is 0 Å². The van der Waals surface area contributed by atoms with Gasteiger partial charge in [-0.2, -0.15) is 0 Å². The van der Waals surface area contributed by atoms with Gasteiger partial charge in [-0.3, -0.25) is 0 Å². The third kappa shape index (κ3) is 4.53. The number of nitrogens with zero attached hydrogens (tertiary/aromatic N) is 5. The Bertz CT molecular complexity index is 920. The number of piperazine rings is 1. The van der Waals surface area contributed by atoms with E-state index >= 15 is 0 Å². The number of urea groups is 1. The highest BCUT2D eigenvalue weighted by Gasteiger charge is 2.31. The molecule has 0 unspecified atom stereocenters. The maximum Gasteiger partial charge on any atom is 0.319 e. The lowest BCUT2D eigenvalue weighted by Crippen LogP contribution is -2.52. The number of aromatic nitrogens is 2. The third-order valence-corrected chi connectivity index (χ3v) is 6.10. The molecule has 0 atom stereocenters. The van der Waals surface area contributed by atoms with E-state index in [1.807, 2.05) is 23.1 Å². The SMILES string of the molecule is CCc1nc(C2CC2)nc(N2CCN(C(=O)N(C)C)CC2)c1Cc1cccc(Cl)c1. The van der Waals surface area contributed by atoms with Crippen LogP contribution < -0.4 is 4.90 Å². The fourth-order valence-electron chi connectivity index (χ4n) is 4.04. The molecule has 7 heteroatoms. The average Bonchev–Trinajstić information content (AvgIpc) is 3.59. The molecule has 1 aliphatic heterocycles. The van der Waals surface area contributed by atoms with E-state index in [2.05, 4.69) is 17.9 Å². The third-order valence-electron chi connectivity index (χ3n) is 5.87. The molecule has 0 N–H and O–H groups in total. The van der Waals surface area contributed by atoms with E-state index in [4.69, 9.17) is 21.6 Å². The molecule has 2 fully saturated rings. The van der Waals surface area contributed by atoms with Crippen LogP contribution in [0.3, 0.4) is 0 Å². The minimum Gasteiger partial charge on any atom is -0.353 e. The van der Waals surface area contributed by atoms with E-state index in [1.54, 1.807) is 19.0 Å². The van der Waals surface area contributed by atoms with E-state index in [0.717, 1.165) is 48.3 Å². The molecule has 1 aromatic carbocycles. The van der Waals surface area contributed by atoms with Crippen LogP contribution >= 0.6 is 11.6 Å². The Kier molecular flexibility index (Phi) is 6.14. The second-order valence-corrected chi connectivity index (χ2v) is 8.85. The Morgan fingerprint density at radius 2 is 1.90 bits per heavy atom. The molecule has 2 amide bonds. The van der Waals surface area contributed by atoms with E-state index < -0.39 is 0 Å². The van der Waals surface area contributed by atoms with Crippen molar-refractivity contribution in [2.75, 3.05) is 45.2 Å². The zero-order chi connectivity index (χ0) is 21.3. The summed E-state index contributed by atoms with van der Waals surface area (Å²) in [5.74, 6) is 2.54. The molecule has 2 heterocycles. The van der Waals surface area contributed by atoms with Crippen molar-refractivity contribution in [2.45, 2.75) is 38.5 Å². The number of carbonyl (C=O) groups excluding carboxylic acids is 1. The summed E-state index contributed by atoms with van der Waals surface area (Å²) in [6.45, 7) is 5.15. The van der Waals surface area contributed by atoms with Crippen LogP contribution in [0.1, 0.15) is 48.3 Å². The molecule has 0 bridgehead atoms. The number of carbonyl (C=O) groups is 1. The van der Waals surface area contributed by atoms with Crippen LogP contribution in [0, 0.1) is 0 Å². The van der Waals surface area contributed by atoms with Gasteiger partial charge in [0, 0.05) is 68.9 Å². The van der Waals surface area contributed by atoms with Gasteiger partial charge in [0.25, 0.3) is 0 Å². The summed E-state index contributed by atoms with van der Waals surface area (Å²) < 4.78 is 0. The molecule has 160 valence electrons. The van der Waals surface area contributed by atoms with Crippen molar-refractivity contribution in [3.8, 4) is 0 Å². The van der Waals surface area contributed by atoms with Crippen LogP contribution in [0.2, 0.25) is 5.02 Å². The van der Waals surface area contributed by atoms with Crippen LogP contribution in [0.5, 0.6) is 0 Å². The minimum atomic E-state index is 0.0735. The van der Waals surface area contributed by atoms with Crippen molar-refractivity contribution in [2.24, 2.45) is 0 Å². The van der Waals surface area contributed by atoms with Crippen molar-refractivity contribution >= 4 is 23.4 Å². The van der Waals surface area contributed by atoms with Gasteiger partial charge in [-0.1, -0.05) is 30.7 Å². The fraction of sp³-hybridized carbons (Fsp3) is 0.522. The first-order valence-electron chi connectivity index (χ1n) is 10.8. The monoisotopic (exact) mass is 427 g/mol. The second-order valence-electron chi connectivity index (χ2n) is 8.42. The summed E-state index contributed by atoms with van der Waals surface area (Å²) in [4.78, 5) is 28.2. The smallest absolute Gasteiger partial charge is 0.319 e. The van der Waals surface area contributed by atoms with Crippen molar-refractivity contribution in [3.05, 3.63) is 51.9 Å². The van der Waals surface area contributed by atoms with E-state index in [1.165, 1.54) is 24.0 Å². The van der Waals surface area contributed by atoms with Crippen LogP contribution in [-0.4, -0.2) is 66.1 Å². The molecule has 0 radical (unpaired) electrons. The average molecular weight is 428 g/mol. The quantitative estimate of drug-likeness (QED) is 0.724. The predicted octanol–water partition coefficient (Wildman–Crippen LogP) is 3.96. The van der Waals surface area contributed by atoms with Crippen LogP contribution in [0.4, 0.5) is 10.6 Å². The molecule has 6 nitrogen and oxygen atoms in total. The molecule has 1 aliphatic carbocycles. The van der Waals surface area contributed by atoms with Crippen LogP contribution in [0.25, 0.3) is 0 Å². The number of aryl methyl sites for hydroxylation is 1. The highest BCUT2D eigenvalue weighted by Crippen LogP contribution is 2.40. The number of benzene rings is 1. The van der Waals surface area contributed by atoms with E-state index in [0.29, 0.717) is 19.0 Å². The molecule has 2 aromatic rings. The van der Waals surface area contributed by atoms with E-state index in [-0.39, 0.29) is 6.03 Å². The second kappa shape index (κ2) is 8.80. The summed E-state index contributed by atoms with van der Waals surface area (Å²) in [6.07, 6.45) is 4.01. The summed E-state index contributed by atoms with van der Waals surface area (Å²) in [5, 5.41) is 0.749. The largest absolute Gasteiger partial charge is 0.353 e. The fourth-order valence-corrected chi connectivity index (χ4v) is 4.25. The van der Waals surface area contributed by atoms with Gasteiger partial charge >= 0.3 is 6.03 Å². The number of amides is 2. The first kappa shape index (κ1) is 20.9. The van der Waals surface area contributed by atoms with Crippen molar-refractivity contribution in [3.63, 3.8) is 0 Å². The first-order chi connectivity index (χ1) is 14.5. The number of anilines is 1. The molecular weight excluding hydrogens is 398 g/mol. The molecule has 4 rings (SSSR count). The molecule has 0 spiro atoms. The molecule has 2 aliphatic rings. The van der Waals surface area contributed by atoms with Gasteiger partial charge in [-0.25, -0.2) is 14.8 Å². The normalized spacial score (nSPS) is 16.7. The minimum absolute atomic E-state index is 0.0735. The van der Waals surface area contributed by atoms with Gasteiger partial charge in [0.1, 0.15) is 11.6 Å². The molecule has 1 aromatic heterocycles. The van der Waals surface area contributed by atoms with Crippen molar-refractivity contribution in [1.29, 1.82) is 0 Å². The molecule has 1 saturated carbocycles. The van der Waals surface area contributed by atoms with Crippen LogP contribution in [-0.2, 0) is 12.8 Å². The van der Waals surface area contributed by atoms with E-state index in [9.17, 15) is 4.79 Å². The Labute approximate surface area is 183 Å². The zero-order valence-electron chi connectivity index (χ0n) is 18.1. The van der Waals surface area contributed by atoms with Crippen molar-refractivity contribution < 1.29 is 4.79 Å². The number of hydrogen-bond donors (Lipinski definition) is 0.